The van der Waals surface area contributed by atoms with Crippen LogP contribution in [-0.4, -0.2) is 22.4 Å². The van der Waals surface area contributed by atoms with Crippen molar-refractivity contribution in [3.05, 3.63) is 0 Å². The third-order valence-electron chi connectivity index (χ3n) is 5.33. The molecule has 2 heteroatoms. The SMILES string of the molecule is CCCCCCCCCCCCCCCC(O)CC(O)CCCCC. The summed E-state index contributed by atoms with van der Waals surface area (Å²) in [5, 5.41) is 19.9. The molecule has 0 rings (SSSR count). The fraction of sp³-hybridized carbons (Fsp3) is 1.00. The van der Waals surface area contributed by atoms with E-state index in [1.165, 1.54) is 89.9 Å². The first kappa shape index (κ1) is 24.9. The van der Waals surface area contributed by atoms with Crippen LogP contribution in [0.2, 0.25) is 0 Å². The van der Waals surface area contributed by atoms with E-state index in [0.29, 0.717) is 6.42 Å². The van der Waals surface area contributed by atoms with E-state index in [1.54, 1.807) is 0 Å². The van der Waals surface area contributed by atoms with Crippen molar-refractivity contribution in [3.8, 4) is 0 Å². The summed E-state index contributed by atoms with van der Waals surface area (Å²) < 4.78 is 0. The van der Waals surface area contributed by atoms with E-state index in [1.807, 2.05) is 0 Å². The molecule has 0 saturated heterocycles. The Morgan fingerprint density at radius 3 is 1.12 bits per heavy atom. The van der Waals surface area contributed by atoms with E-state index >= 15 is 0 Å². The summed E-state index contributed by atoms with van der Waals surface area (Å²) in [5.41, 5.74) is 0. The van der Waals surface area contributed by atoms with Gasteiger partial charge in [0, 0.05) is 0 Å². The van der Waals surface area contributed by atoms with Crippen LogP contribution in [0.4, 0.5) is 0 Å². The van der Waals surface area contributed by atoms with Crippen molar-refractivity contribution in [1.29, 1.82) is 0 Å². The average molecular weight is 357 g/mol. The highest BCUT2D eigenvalue weighted by atomic mass is 16.3. The maximum Gasteiger partial charge on any atom is 0.0564 e. The summed E-state index contributed by atoms with van der Waals surface area (Å²) in [6.45, 7) is 4.45. The molecule has 152 valence electrons. The minimum absolute atomic E-state index is 0.302. The Hall–Kier alpha value is -0.0800. The third-order valence-corrected chi connectivity index (χ3v) is 5.33. The van der Waals surface area contributed by atoms with E-state index in [2.05, 4.69) is 13.8 Å². The smallest absolute Gasteiger partial charge is 0.0564 e. The first-order valence-corrected chi connectivity index (χ1v) is 11.6. The first-order chi connectivity index (χ1) is 12.2. The second-order valence-corrected chi connectivity index (χ2v) is 8.07. The number of hydrogen-bond donors (Lipinski definition) is 2. The second kappa shape index (κ2) is 20.2. The molecule has 0 saturated carbocycles. The Labute approximate surface area is 158 Å². The number of rotatable bonds is 20. The summed E-state index contributed by atoms with van der Waals surface area (Å²) in [5.74, 6) is 0. The van der Waals surface area contributed by atoms with Gasteiger partial charge in [-0.15, -0.1) is 0 Å². The number of aliphatic hydroxyl groups is 2. The van der Waals surface area contributed by atoms with Crippen molar-refractivity contribution in [2.24, 2.45) is 0 Å². The predicted molar refractivity (Wildman–Crippen MR) is 111 cm³/mol. The summed E-state index contributed by atoms with van der Waals surface area (Å²) >= 11 is 0. The molecule has 25 heavy (non-hydrogen) atoms. The molecule has 2 N–H and O–H groups in total. The fourth-order valence-electron chi connectivity index (χ4n) is 3.58. The Balaban J connectivity index is 3.21. The topological polar surface area (TPSA) is 40.5 Å². The summed E-state index contributed by atoms with van der Waals surface area (Å²) in [6, 6.07) is 0. The van der Waals surface area contributed by atoms with E-state index in [4.69, 9.17) is 0 Å². The number of hydrogen-bond acceptors (Lipinski definition) is 2. The Kier molecular flexibility index (Phi) is 20.2. The maximum absolute atomic E-state index is 9.99. The van der Waals surface area contributed by atoms with Gasteiger partial charge in [0.15, 0.2) is 0 Å². The van der Waals surface area contributed by atoms with Gasteiger partial charge < -0.3 is 10.2 Å². The molecule has 0 radical (unpaired) electrons. The molecule has 0 aromatic carbocycles. The predicted octanol–water partition coefficient (Wildman–Crippen LogP) is 7.16. The zero-order chi connectivity index (χ0) is 18.6. The molecule has 2 unspecified atom stereocenters. The Bertz CT molecular complexity index is 242. The van der Waals surface area contributed by atoms with Crippen LogP contribution in [0.1, 0.15) is 136 Å². The largest absolute Gasteiger partial charge is 0.393 e. The molecule has 0 aliphatic carbocycles. The molecule has 0 aliphatic heterocycles. The van der Waals surface area contributed by atoms with Crippen molar-refractivity contribution in [2.75, 3.05) is 0 Å². The normalized spacial score (nSPS) is 13.9. The number of unbranched alkanes of at least 4 members (excludes halogenated alkanes) is 14. The van der Waals surface area contributed by atoms with Gasteiger partial charge in [0.2, 0.25) is 0 Å². The molecular formula is C23H48O2. The molecule has 0 amide bonds. The zero-order valence-electron chi connectivity index (χ0n) is 17.5. The highest BCUT2D eigenvalue weighted by molar-refractivity contribution is 4.64. The van der Waals surface area contributed by atoms with Crippen LogP contribution in [0.15, 0.2) is 0 Å². The zero-order valence-corrected chi connectivity index (χ0v) is 17.5. The lowest BCUT2D eigenvalue weighted by Gasteiger charge is -2.15. The Morgan fingerprint density at radius 2 is 0.720 bits per heavy atom. The van der Waals surface area contributed by atoms with Gasteiger partial charge in [-0.05, 0) is 19.3 Å². The summed E-state index contributed by atoms with van der Waals surface area (Å²) in [7, 11) is 0. The van der Waals surface area contributed by atoms with Crippen LogP contribution in [0.25, 0.3) is 0 Å². The van der Waals surface area contributed by atoms with Crippen molar-refractivity contribution in [1.82, 2.24) is 0 Å². The van der Waals surface area contributed by atoms with Gasteiger partial charge in [0.05, 0.1) is 12.2 Å². The first-order valence-electron chi connectivity index (χ1n) is 11.6. The van der Waals surface area contributed by atoms with Crippen LogP contribution in [0, 0.1) is 0 Å². The molecule has 0 heterocycles. The van der Waals surface area contributed by atoms with Crippen LogP contribution < -0.4 is 0 Å². The van der Waals surface area contributed by atoms with Crippen LogP contribution in [0.5, 0.6) is 0 Å². The summed E-state index contributed by atoms with van der Waals surface area (Å²) in [6.07, 6.45) is 22.8. The molecule has 0 aromatic heterocycles. The van der Waals surface area contributed by atoms with Gasteiger partial charge in [-0.2, -0.15) is 0 Å². The van der Waals surface area contributed by atoms with E-state index < -0.39 is 0 Å². The lowest BCUT2D eigenvalue weighted by Crippen LogP contribution is -2.17. The van der Waals surface area contributed by atoms with Crippen molar-refractivity contribution in [2.45, 2.75) is 148 Å². The molecule has 0 fully saturated rings. The maximum atomic E-state index is 9.99. The molecule has 0 bridgehead atoms. The molecule has 0 aliphatic rings. The van der Waals surface area contributed by atoms with E-state index in [-0.39, 0.29) is 12.2 Å². The highest BCUT2D eigenvalue weighted by Crippen LogP contribution is 2.15. The van der Waals surface area contributed by atoms with Gasteiger partial charge in [-0.1, -0.05) is 117 Å². The van der Waals surface area contributed by atoms with Crippen molar-refractivity contribution >= 4 is 0 Å². The molecule has 2 atom stereocenters. The third kappa shape index (κ3) is 20.1. The summed E-state index contributed by atoms with van der Waals surface area (Å²) in [4.78, 5) is 0. The minimum Gasteiger partial charge on any atom is -0.393 e. The Morgan fingerprint density at radius 1 is 0.440 bits per heavy atom. The van der Waals surface area contributed by atoms with Crippen LogP contribution >= 0.6 is 0 Å². The van der Waals surface area contributed by atoms with Gasteiger partial charge >= 0.3 is 0 Å². The van der Waals surface area contributed by atoms with Gasteiger partial charge in [-0.3, -0.25) is 0 Å². The average Bonchev–Trinajstić information content (AvgIpc) is 2.59. The molecular weight excluding hydrogens is 308 g/mol. The second-order valence-electron chi connectivity index (χ2n) is 8.07. The van der Waals surface area contributed by atoms with Gasteiger partial charge in [0.25, 0.3) is 0 Å². The highest BCUT2D eigenvalue weighted by Gasteiger charge is 2.11. The van der Waals surface area contributed by atoms with Crippen molar-refractivity contribution in [3.63, 3.8) is 0 Å². The lowest BCUT2D eigenvalue weighted by atomic mass is 10.00. The van der Waals surface area contributed by atoms with Crippen molar-refractivity contribution < 1.29 is 10.2 Å². The lowest BCUT2D eigenvalue weighted by molar-refractivity contribution is 0.0681. The number of aliphatic hydroxyl groups excluding tert-OH is 2. The van der Waals surface area contributed by atoms with E-state index in [9.17, 15) is 10.2 Å². The van der Waals surface area contributed by atoms with Crippen LogP contribution in [-0.2, 0) is 0 Å². The van der Waals surface area contributed by atoms with Gasteiger partial charge in [0.1, 0.15) is 0 Å². The fourth-order valence-corrected chi connectivity index (χ4v) is 3.58. The molecule has 0 spiro atoms. The quantitative estimate of drug-likeness (QED) is 0.227. The molecule has 2 nitrogen and oxygen atoms in total. The standard InChI is InChI=1S/C23H48O2/c1-3-5-7-8-9-10-11-12-13-14-15-16-18-20-23(25)21-22(24)19-17-6-4-2/h22-25H,3-21H2,1-2H3. The minimum atomic E-state index is -0.302. The molecule has 0 aromatic rings. The monoisotopic (exact) mass is 356 g/mol. The van der Waals surface area contributed by atoms with Crippen LogP contribution in [0.3, 0.4) is 0 Å². The van der Waals surface area contributed by atoms with E-state index in [0.717, 1.165) is 25.7 Å². The van der Waals surface area contributed by atoms with Gasteiger partial charge in [-0.25, -0.2) is 0 Å².